The van der Waals surface area contributed by atoms with Crippen molar-refractivity contribution < 1.29 is 0 Å². The quantitative estimate of drug-likeness (QED) is 0.124. The molecule has 10 aromatic rings. The van der Waals surface area contributed by atoms with Crippen molar-refractivity contribution in [1.82, 2.24) is 14.0 Å². The summed E-state index contributed by atoms with van der Waals surface area (Å²) in [6.45, 7) is 0. The highest BCUT2D eigenvalue weighted by Crippen LogP contribution is 2.46. The Labute approximate surface area is 281 Å². The zero-order valence-electron chi connectivity index (χ0n) is 26.3. The molecule has 2 unspecified atom stereocenters. The van der Waals surface area contributed by atoms with Gasteiger partial charge < -0.3 is 0 Å². The number of nitrogens with zero attached hydrogens (tertiary/aromatic N) is 4. The summed E-state index contributed by atoms with van der Waals surface area (Å²) in [5, 5.41) is 13.6. The normalized spacial score (nSPS) is 18.4. The standard InChI is InChI=1S/C44H22N4O2/c49-43-29-19-15-25-26-16-20-30-40-28(42-46-32-10-2-6-22-8-4-12-34(36(22)32)48(42)44(30)50)18-14-24(38(26)40)23-13-17-27(39(29)37(23)25)41-45-31-9-1-5-21-7-3-11-33(35(21)31)47(41)43/h1-20,31,35H. The Balaban J connectivity index is 1.21. The number of rotatable bonds is 0. The van der Waals surface area contributed by atoms with Gasteiger partial charge in [-0.2, -0.15) is 0 Å². The van der Waals surface area contributed by atoms with Crippen molar-refractivity contribution in [1.29, 1.82) is 0 Å². The molecule has 6 heteroatoms. The highest BCUT2D eigenvalue weighted by atomic mass is 16.1. The molecule has 50 heavy (non-hydrogen) atoms. The molecule has 6 nitrogen and oxygen atoms in total. The Morgan fingerprint density at radius 2 is 1.22 bits per heavy atom. The molecule has 3 aromatic heterocycles. The molecule has 0 bridgehead atoms. The molecule has 13 rings (SSSR count). The van der Waals surface area contributed by atoms with Crippen LogP contribution in [0.4, 0.5) is 0 Å². The number of fused-ring (bicyclic) bond motifs is 8. The SMILES string of the molecule is O=c1c2ccc3c4ccc5c(=O)n6c7cccc8cccc(nc6c6ccc(c9ccc(c%10n1C1=CC=CC%11=CC=CC(N=%10)C%111)c2c39)c4c56)c87. The Kier molecular flexibility index (Phi) is 4.21. The molecule has 0 fully saturated rings. The van der Waals surface area contributed by atoms with Crippen LogP contribution in [0.25, 0.3) is 97.8 Å². The fourth-order valence-corrected chi connectivity index (χ4v) is 9.72. The van der Waals surface area contributed by atoms with Crippen LogP contribution in [0.3, 0.4) is 0 Å². The molecule has 3 aliphatic rings. The van der Waals surface area contributed by atoms with Crippen molar-refractivity contribution in [3.05, 3.63) is 153 Å². The average molecular weight is 639 g/mol. The van der Waals surface area contributed by atoms with Crippen molar-refractivity contribution in [3.8, 4) is 0 Å². The van der Waals surface area contributed by atoms with Gasteiger partial charge in [-0.3, -0.25) is 23.5 Å². The molecule has 2 aliphatic carbocycles. The maximum absolute atomic E-state index is 14.5. The first kappa shape index (κ1) is 25.4. The molecule has 0 N–H and O–H groups in total. The van der Waals surface area contributed by atoms with E-state index in [9.17, 15) is 9.59 Å². The third kappa shape index (κ3) is 2.72. The lowest BCUT2D eigenvalue weighted by molar-refractivity contribution is 0.587. The summed E-state index contributed by atoms with van der Waals surface area (Å²) in [5.74, 6) is 0.0346. The van der Waals surface area contributed by atoms with E-state index in [0.29, 0.717) is 21.9 Å². The minimum atomic E-state index is -0.0704. The minimum Gasteiger partial charge on any atom is -0.268 e. The Morgan fingerprint density at radius 3 is 2.00 bits per heavy atom. The van der Waals surface area contributed by atoms with Crippen molar-refractivity contribution in [3.63, 3.8) is 0 Å². The van der Waals surface area contributed by atoms with Crippen LogP contribution in [0.15, 0.2) is 142 Å². The van der Waals surface area contributed by atoms with Gasteiger partial charge in [0.2, 0.25) is 0 Å². The molecule has 0 amide bonds. The summed E-state index contributed by atoms with van der Waals surface area (Å²) < 4.78 is 3.64. The van der Waals surface area contributed by atoms with E-state index in [1.807, 2.05) is 47.0 Å². The Morgan fingerprint density at radius 1 is 0.580 bits per heavy atom. The molecular weight excluding hydrogens is 617 g/mol. The highest BCUT2D eigenvalue weighted by Gasteiger charge is 2.35. The van der Waals surface area contributed by atoms with Crippen LogP contribution in [-0.4, -0.2) is 20.0 Å². The van der Waals surface area contributed by atoms with Gasteiger partial charge in [0.1, 0.15) is 11.1 Å². The van der Waals surface area contributed by atoms with E-state index >= 15 is 0 Å². The first-order chi connectivity index (χ1) is 24.7. The summed E-state index contributed by atoms with van der Waals surface area (Å²) in [6.07, 6.45) is 12.6. The predicted molar refractivity (Wildman–Crippen MR) is 203 cm³/mol. The first-order valence-corrected chi connectivity index (χ1v) is 17.0. The number of benzene rings is 7. The van der Waals surface area contributed by atoms with Gasteiger partial charge in [0.15, 0.2) is 0 Å². The maximum atomic E-state index is 14.5. The lowest BCUT2D eigenvalue weighted by atomic mass is 9.80. The minimum absolute atomic E-state index is 0.0346. The van der Waals surface area contributed by atoms with Crippen LogP contribution in [0, 0.1) is 5.92 Å². The fraction of sp³-hybridized carbons (Fsp3) is 0.0455. The summed E-state index contributed by atoms with van der Waals surface area (Å²) in [6, 6.07) is 28.9. The van der Waals surface area contributed by atoms with Crippen LogP contribution in [-0.2, 0) is 0 Å². The van der Waals surface area contributed by atoms with Crippen LogP contribution in [0.1, 0.15) is 0 Å². The second-order valence-electron chi connectivity index (χ2n) is 13.9. The van der Waals surface area contributed by atoms with Crippen molar-refractivity contribution in [2.45, 2.75) is 6.04 Å². The zero-order chi connectivity index (χ0) is 32.6. The average Bonchev–Trinajstić information content (AvgIpc) is 3.15. The Bertz CT molecular complexity index is 3570. The third-order valence-electron chi connectivity index (χ3n) is 11.7. The highest BCUT2D eigenvalue weighted by molar-refractivity contribution is 6.40. The van der Waals surface area contributed by atoms with Crippen molar-refractivity contribution in [2.75, 3.05) is 0 Å². The van der Waals surface area contributed by atoms with E-state index in [0.717, 1.165) is 81.4 Å². The van der Waals surface area contributed by atoms with Crippen molar-refractivity contribution >= 4 is 97.8 Å². The molecule has 0 spiro atoms. The molecule has 4 heterocycles. The molecule has 2 atom stereocenters. The van der Waals surface area contributed by atoms with E-state index in [1.165, 1.54) is 5.57 Å². The summed E-state index contributed by atoms with van der Waals surface area (Å²) in [7, 11) is 0. The van der Waals surface area contributed by atoms with Crippen LogP contribution in [0.2, 0.25) is 0 Å². The maximum Gasteiger partial charge on any atom is 0.264 e. The van der Waals surface area contributed by atoms with E-state index < -0.39 is 0 Å². The smallest absolute Gasteiger partial charge is 0.264 e. The van der Waals surface area contributed by atoms with Gasteiger partial charge >= 0.3 is 0 Å². The summed E-state index contributed by atoms with van der Waals surface area (Å²) >= 11 is 0. The zero-order valence-corrected chi connectivity index (χ0v) is 26.3. The van der Waals surface area contributed by atoms with E-state index in [2.05, 4.69) is 78.9 Å². The topological polar surface area (TPSA) is 68.7 Å². The monoisotopic (exact) mass is 638 g/mol. The number of aromatic nitrogens is 3. The molecule has 230 valence electrons. The van der Waals surface area contributed by atoms with Gasteiger partial charge in [0.25, 0.3) is 11.1 Å². The lowest BCUT2D eigenvalue weighted by Gasteiger charge is -2.34. The largest absolute Gasteiger partial charge is 0.268 e. The molecule has 0 radical (unpaired) electrons. The van der Waals surface area contributed by atoms with Gasteiger partial charge in [-0.25, -0.2) is 4.98 Å². The lowest BCUT2D eigenvalue weighted by Crippen LogP contribution is -2.44. The van der Waals surface area contributed by atoms with E-state index in [-0.39, 0.29) is 23.1 Å². The number of allylic oxidation sites excluding steroid dienone is 5. The fourth-order valence-electron chi connectivity index (χ4n) is 9.72. The third-order valence-corrected chi connectivity index (χ3v) is 11.7. The molecule has 0 saturated heterocycles. The predicted octanol–water partition coefficient (Wildman–Crippen LogP) is 8.20. The summed E-state index contributed by atoms with van der Waals surface area (Å²) in [5.41, 5.74) is 5.16. The van der Waals surface area contributed by atoms with Gasteiger partial charge in [-0.15, -0.1) is 0 Å². The van der Waals surface area contributed by atoms with Gasteiger partial charge in [0, 0.05) is 43.4 Å². The van der Waals surface area contributed by atoms with E-state index in [1.54, 1.807) is 4.40 Å². The second-order valence-corrected chi connectivity index (χ2v) is 13.9. The van der Waals surface area contributed by atoms with Gasteiger partial charge in [-0.05, 0) is 85.8 Å². The van der Waals surface area contributed by atoms with Gasteiger partial charge in [-0.1, -0.05) is 78.9 Å². The van der Waals surface area contributed by atoms with Crippen LogP contribution >= 0.6 is 0 Å². The molecule has 7 aromatic carbocycles. The Hall–Kier alpha value is -6.66. The molecular formula is C44H22N4O2. The second kappa shape index (κ2) is 8.31. The van der Waals surface area contributed by atoms with Gasteiger partial charge in [0.05, 0.1) is 23.0 Å². The van der Waals surface area contributed by atoms with E-state index in [4.69, 9.17) is 9.98 Å². The number of hydrogen-bond acceptors (Lipinski definition) is 4. The van der Waals surface area contributed by atoms with Crippen LogP contribution < -0.4 is 16.6 Å². The summed E-state index contributed by atoms with van der Waals surface area (Å²) in [4.78, 5) is 39.4. The van der Waals surface area contributed by atoms with Crippen molar-refractivity contribution in [2.24, 2.45) is 10.9 Å². The number of hydrogen-bond donors (Lipinski definition) is 0. The number of pyridine rings is 2. The first-order valence-electron chi connectivity index (χ1n) is 17.0. The molecule has 0 saturated carbocycles. The van der Waals surface area contributed by atoms with Crippen LogP contribution in [0.5, 0.6) is 0 Å². The molecule has 1 aliphatic heterocycles.